The molecule has 0 aliphatic carbocycles. The van der Waals surface area contributed by atoms with Crippen LogP contribution in [0.15, 0.2) is 40.9 Å². The van der Waals surface area contributed by atoms with Gasteiger partial charge in [0.2, 0.25) is 0 Å². The smallest absolute Gasteiger partial charge is 0.127 e. The van der Waals surface area contributed by atoms with E-state index < -0.39 is 0 Å². The summed E-state index contributed by atoms with van der Waals surface area (Å²) in [5.74, 6) is 1.04. The van der Waals surface area contributed by atoms with E-state index in [9.17, 15) is 0 Å². The number of hydrogen-bond donors (Lipinski definition) is 1. The zero-order chi connectivity index (χ0) is 14.8. The second kappa shape index (κ2) is 6.39. The summed E-state index contributed by atoms with van der Waals surface area (Å²) in [6, 6.07) is 12.4. The lowest BCUT2D eigenvalue weighted by molar-refractivity contribution is 0.351. The maximum Gasteiger partial charge on any atom is 0.127 e. The zero-order valence-corrected chi connectivity index (χ0v) is 14.2. The van der Waals surface area contributed by atoms with Crippen LogP contribution in [0.1, 0.15) is 29.7 Å². The Morgan fingerprint density at radius 2 is 2.14 bits per heavy atom. The Balaban J connectivity index is 1.75. The number of rotatable bonds is 4. The topological polar surface area (TPSA) is 21.3 Å². The number of fused-ring (bicyclic) bond motifs is 1. The predicted octanol–water partition coefficient (Wildman–Crippen LogP) is 4.89. The molecular formula is C17H17BrClNO. The van der Waals surface area contributed by atoms with Crippen LogP contribution in [0.2, 0.25) is 5.02 Å². The van der Waals surface area contributed by atoms with E-state index in [0.717, 1.165) is 40.4 Å². The highest BCUT2D eigenvalue weighted by molar-refractivity contribution is 9.10. The number of ether oxygens (including phenoxy) is 1. The lowest BCUT2D eigenvalue weighted by Crippen LogP contribution is -2.18. The normalized spacial score (nSPS) is 14.6. The molecule has 21 heavy (non-hydrogen) atoms. The molecule has 0 unspecified atom stereocenters. The van der Waals surface area contributed by atoms with Gasteiger partial charge in [-0.15, -0.1) is 0 Å². The minimum absolute atomic E-state index is 0.190. The van der Waals surface area contributed by atoms with Gasteiger partial charge in [0.15, 0.2) is 0 Å². The van der Waals surface area contributed by atoms with Crippen LogP contribution >= 0.6 is 27.5 Å². The fourth-order valence-corrected chi connectivity index (χ4v) is 3.53. The number of benzene rings is 2. The van der Waals surface area contributed by atoms with Crippen molar-refractivity contribution in [3.8, 4) is 5.75 Å². The summed E-state index contributed by atoms with van der Waals surface area (Å²) in [5.41, 5.74) is 3.59. The second-order valence-electron chi connectivity index (χ2n) is 5.28. The van der Waals surface area contributed by atoms with Gasteiger partial charge in [0.1, 0.15) is 5.75 Å². The first-order valence-corrected chi connectivity index (χ1v) is 8.24. The van der Waals surface area contributed by atoms with Crippen LogP contribution in [0.5, 0.6) is 5.75 Å². The third-order valence-corrected chi connectivity index (χ3v) is 4.60. The molecule has 0 spiro atoms. The Labute approximate surface area is 138 Å². The van der Waals surface area contributed by atoms with Gasteiger partial charge in [-0.25, -0.2) is 0 Å². The molecule has 0 radical (unpaired) electrons. The molecule has 1 aliphatic rings. The minimum Gasteiger partial charge on any atom is -0.493 e. The molecular weight excluding hydrogens is 350 g/mol. The van der Waals surface area contributed by atoms with Gasteiger partial charge in [-0.05, 0) is 36.2 Å². The van der Waals surface area contributed by atoms with E-state index in [1.165, 1.54) is 11.1 Å². The van der Waals surface area contributed by atoms with Crippen LogP contribution in [-0.4, -0.2) is 6.61 Å². The average molecular weight is 367 g/mol. The third kappa shape index (κ3) is 3.25. The Bertz CT molecular complexity index is 659. The monoisotopic (exact) mass is 365 g/mol. The lowest BCUT2D eigenvalue weighted by atomic mass is 10.1. The van der Waals surface area contributed by atoms with Gasteiger partial charge in [0.25, 0.3) is 0 Å². The number of nitrogens with one attached hydrogen (secondary N) is 1. The number of hydrogen-bond acceptors (Lipinski definition) is 2. The molecule has 4 heteroatoms. The first kappa shape index (κ1) is 14.9. The molecule has 110 valence electrons. The lowest BCUT2D eigenvalue weighted by Gasteiger charge is -2.17. The van der Waals surface area contributed by atoms with Crippen molar-refractivity contribution in [2.24, 2.45) is 0 Å². The second-order valence-corrected chi connectivity index (χ2v) is 6.60. The van der Waals surface area contributed by atoms with Crippen LogP contribution in [-0.2, 0) is 13.0 Å². The first-order chi connectivity index (χ1) is 10.1. The summed E-state index contributed by atoms with van der Waals surface area (Å²) in [7, 11) is 0. The molecule has 0 saturated heterocycles. The van der Waals surface area contributed by atoms with Crippen LogP contribution in [0.25, 0.3) is 0 Å². The molecule has 1 N–H and O–H groups in total. The molecule has 0 bridgehead atoms. The summed E-state index contributed by atoms with van der Waals surface area (Å²) in [6.45, 7) is 3.66. The van der Waals surface area contributed by atoms with Crippen molar-refractivity contribution in [2.75, 3.05) is 6.61 Å². The fraction of sp³-hybridized carbons (Fsp3) is 0.294. The summed E-state index contributed by atoms with van der Waals surface area (Å²) in [4.78, 5) is 0. The quantitative estimate of drug-likeness (QED) is 0.832. The van der Waals surface area contributed by atoms with E-state index in [1.54, 1.807) is 0 Å². The molecule has 0 fully saturated rings. The molecule has 3 rings (SSSR count). The van der Waals surface area contributed by atoms with E-state index in [4.69, 9.17) is 16.3 Å². The van der Waals surface area contributed by atoms with E-state index in [1.807, 2.05) is 18.2 Å². The van der Waals surface area contributed by atoms with Gasteiger partial charge in [-0.1, -0.05) is 45.7 Å². The number of halogens is 2. The Hall–Kier alpha value is -1.03. The van der Waals surface area contributed by atoms with Gasteiger partial charge >= 0.3 is 0 Å². The molecule has 1 heterocycles. The van der Waals surface area contributed by atoms with Gasteiger partial charge in [-0.3, -0.25) is 0 Å². The van der Waals surface area contributed by atoms with Crippen LogP contribution in [0.3, 0.4) is 0 Å². The summed E-state index contributed by atoms with van der Waals surface area (Å²) in [5, 5.41) is 4.33. The van der Waals surface area contributed by atoms with Crippen LogP contribution < -0.4 is 10.1 Å². The molecule has 2 aromatic carbocycles. The van der Waals surface area contributed by atoms with Gasteiger partial charge in [0, 0.05) is 34.1 Å². The van der Waals surface area contributed by atoms with E-state index in [0.29, 0.717) is 0 Å². The van der Waals surface area contributed by atoms with Crippen molar-refractivity contribution >= 4 is 27.5 Å². The highest BCUT2D eigenvalue weighted by Gasteiger charge is 2.18. The zero-order valence-electron chi connectivity index (χ0n) is 11.8. The first-order valence-electron chi connectivity index (χ1n) is 7.07. The molecule has 1 atom stereocenters. The predicted molar refractivity (Wildman–Crippen MR) is 90.0 cm³/mol. The SMILES string of the molecule is C[C@@H](NCc1cc(Br)cc2c1OCC2)c1ccccc1Cl. The summed E-state index contributed by atoms with van der Waals surface area (Å²) >= 11 is 9.82. The molecule has 1 aliphatic heterocycles. The largest absolute Gasteiger partial charge is 0.493 e. The van der Waals surface area contributed by atoms with E-state index >= 15 is 0 Å². The van der Waals surface area contributed by atoms with Gasteiger partial charge < -0.3 is 10.1 Å². The summed E-state index contributed by atoms with van der Waals surface area (Å²) in [6.07, 6.45) is 0.988. The van der Waals surface area contributed by atoms with Crippen LogP contribution in [0, 0.1) is 0 Å². The fourth-order valence-electron chi connectivity index (χ4n) is 2.68. The highest BCUT2D eigenvalue weighted by Crippen LogP contribution is 2.33. The third-order valence-electron chi connectivity index (χ3n) is 3.80. The van der Waals surface area contributed by atoms with Crippen molar-refractivity contribution < 1.29 is 4.74 Å². The van der Waals surface area contributed by atoms with E-state index in [2.05, 4.69) is 46.4 Å². The molecule has 2 aromatic rings. The maximum absolute atomic E-state index is 6.25. The maximum atomic E-state index is 6.25. The Kier molecular flexibility index (Phi) is 4.53. The van der Waals surface area contributed by atoms with Crippen molar-refractivity contribution in [1.82, 2.24) is 5.32 Å². The van der Waals surface area contributed by atoms with Crippen molar-refractivity contribution in [1.29, 1.82) is 0 Å². The Morgan fingerprint density at radius 1 is 1.33 bits per heavy atom. The minimum atomic E-state index is 0.190. The standard InChI is InChI=1S/C17H17BrClNO/c1-11(15-4-2-3-5-16(15)19)20-10-13-9-14(18)8-12-6-7-21-17(12)13/h2-5,8-9,11,20H,6-7,10H2,1H3/t11-/m1/s1. The summed E-state index contributed by atoms with van der Waals surface area (Å²) < 4.78 is 6.86. The molecule has 0 saturated carbocycles. The highest BCUT2D eigenvalue weighted by atomic mass is 79.9. The van der Waals surface area contributed by atoms with Gasteiger partial charge in [-0.2, -0.15) is 0 Å². The van der Waals surface area contributed by atoms with E-state index in [-0.39, 0.29) is 6.04 Å². The molecule has 0 amide bonds. The molecule has 2 nitrogen and oxygen atoms in total. The van der Waals surface area contributed by atoms with Crippen molar-refractivity contribution in [2.45, 2.75) is 25.9 Å². The van der Waals surface area contributed by atoms with Crippen molar-refractivity contribution in [3.05, 3.63) is 62.6 Å². The van der Waals surface area contributed by atoms with Crippen molar-refractivity contribution in [3.63, 3.8) is 0 Å². The Morgan fingerprint density at radius 3 is 2.95 bits per heavy atom. The average Bonchev–Trinajstić information content (AvgIpc) is 2.93. The molecule has 0 aromatic heterocycles. The van der Waals surface area contributed by atoms with Gasteiger partial charge in [0.05, 0.1) is 6.61 Å². The van der Waals surface area contributed by atoms with Crippen LogP contribution in [0.4, 0.5) is 0 Å².